The molecule has 1 aliphatic heterocycles. The zero-order valence-electron chi connectivity index (χ0n) is 18.9. The molecule has 0 aromatic heterocycles. The molecule has 0 unspecified atom stereocenters. The number of ether oxygens (including phenoxy) is 2. The first kappa shape index (κ1) is 23.0. The summed E-state index contributed by atoms with van der Waals surface area (Å²) in [5.74, 6) is 0.307. The number of ketones is 1. The first-order valence-corrected chi connectivity index (χ1v) is 11.2. The number of fused-ring (bicyclic) bond motifs is 1. The van der Waals surface area contributed by atoms with Crippen LogP contribution in [0.5, 0.6) is 11.5 Å². The Morgan fingerprint density at radius 1 is 0.941 bits per heavy atom. The lowest BCUT2D eigenvalue weighted by atomic mass is 10.0. The van der Waals surface area contributed by atoms with Crippen LogP contribution in [0.25, 0.3) is 0 Å². The van der Waals surface area contributed by atoms with E-state index in [0.29, 0.717) is 34.9 Å². The van der Waals surface area contributed by atoms with Gasteiger partial charge in [-0.3, -0.25) is 14.4 Å². The summed E-state index contributed by atoms with van der Waals surface area (Å²) in [6.07, 6.45) is 0.00930. The molecule has 34 heavy (non-hydrogen) atoms. The second-order valence-electron chi connectivity index (χ2n) is 7.88. The number of rotatable bonds is 8. The Hall–Kier alpha value is -4.13. The largest absolute Gasteiger partial charge is 0.484 e. The van der Waals surface area contributed by atoms with Crippen LogP contribution in [0.2, 0.25) is 0 Å². The molecule has 0 saturated heterocycles. The number of carbonyl (C=O) groups is 3. The first-order valence-electron chi connectivity index (χ1n) is 11.2. The molecule has 7 heteroatoms. The number of nitrogens with zero attached hydrogens (tertiary/aromatic N) is 1. The van der Waals surface area contributed by atoms with Crippen molar-refractivity contribution in [1.82, 2.24) is 5.32 Å². The molecule has 0 aliphatic carbocycles. The maximum atomic E-state index is 13.0. The fourth-order valence-corrected chi connectivity index (χ4v) is 3.65. The number of hydrogen-bond acceptors (Lipinski definition) is 5. The average molecular weight is 459 g/mol. The Labute approximate surface area is 198 Å². The maximum absolute atomic E-state index is 13.0. The van der Waals surface area contributed by atoms with Crippen molar-refractivity contribution in [2.24, 2.45) is 0 Å². The van der Waals surface area contributed by atoms with Gasteiger partial charge in [0.2, 0.25) is 0 Å². The minimum Gasteiger partial charge on any atom is -0.484 e. The molecule has 3 aromatic rings. The number of hydrogen-bond donors (Lipinski definition) is 1. The molecule has 0 fully saturated rings. The summed E-state index contributed by atoms with van der Waals surface area (Å²) in [7, 11) is 0. The van der Waals surface area contributed by atoms with Crippen molar-refractivity contribution < 1.29 is 23.9 Å². The summed E-state index contributed by atoms with van der Waals surface area (Å²) in [5.41, 5.74) is 1.74. The van der Waals surface area contributed by atoms with Crippen LogP contribution in [0.4, 0.5) is 5.69 Å². The van der Waals surface area contributed by atoms with E-state index in [1.54, 1.807) is 54.6 Å². The molecule has 1 N–H and O–H groups in total. The Kier molecular flexibility index (Phi) is 7.22. The van der Waals surface area contributed by atoms with Gasteiger partial charge in [0.25, 0.3) is 11.8 Å². The summed E-state index contributed by atoms with van der Waals surface area (Å²) >= 11 is 0. The number of nitrogens with one attached hydrogen (secondary N) is 1. The van der Waals surface area contributed by atoms with E-state index >= 15 is 0 Å². The summed E-state index contributed by atoms with van der Waals surface area (Å²) in [5, 5.41) is 2.82. The lowest BCUT2D eigenvalue weighted by Gasteiger charge is -2.34. The van der Waals surface area contributed by atoms with E-state index in [0.717, 1.165) is 6.42 Å². The maximum Gasteiger partial charge on any atom is 0.265 e. The van der Waals surface area contributed by atoms with E-state index in [1.807, 2.05) is 31.2 Å². The average Bonchev–Trinajstić information content (AvgIpc) is 2.90. The van der Waals surface area contributed by atoms with Crippen molar-refractivity contribution in [3.8, 4) is 11.5 Å². The van der Waals surface area contributed by atoms with Crippen molar-refractivity contribution in [3.63, 3.8) is 0 Å². The van der Waals surface area contributed by atoms with Crippen LogP contribution < -0.4 is 19.7 Å². The van der Waals surface area contributed by atoms with Gasteiger partial charge in [0.15, 0.2) is 18.5 Å². The van der Waals surface area contributed by atoms with Gasteiger partial charge in [-0.25, -0.2) is 0 Å². The van der Waals surface area contributed by atoms with Gasteiger partial charge in [0, 0.05) is 17.7 Å². The standard InChI is InChI=1S/C27H26N2O5/c1-2-16-28-27(32)24-17-29(22-10-6-7-11-23(22)34-24)25(30)18-33-21-14-12-20(13-15-21)26(31)19-8-4-3-5-9-19/h3-15,24H,2,16-18H2,1H3,(H,28,32)/t24-/m0/s1. The van der Waals surface area contributed by atoms with E-state index in [4.69, 9.17) is 9.47 Å². The van der Waals surface area contributed by atoms with Crippen LogP contribution in [0.1, 0.15) is 29.3 Å². The zero-order valence-corrected chi connectivity index (χ0v) is 18.9. The number of carbonyl (C=O) groups excluding carboxylic acids is 3. The Balaban J connectivity index is 1.41. The van der Waals surface area contributed by atoms with Crippen LogP contribution in [0.15, 0.2) is 78.9 Å². The van der Waals surface area contributed by atoms with Gasteiger partial charge < -0.3 is 19.7 Å². The van der Waals surface area contributed by atoms with Crippen LogP contribution in [0.3, 0.4) is 0 Å². The Morgan fingerprint density at radius 2 is 1.62 bits per heavy atom. The van der Waals surface area contributed by atoms with Crippen LogP contribution in [0, 0.1) is 0 Å². The van der Waals surface area contributed by atoms with Crippen LogP contribution in [-0.4, -0.2) is 43.4 Å². The summed E-state index contributed by atoms with van der Waals surface area (Å²) in [6, 6.07) is 22.8. The van der Waals surface area contributed by atoms with Gasteiger partial charge in [-0.2, -0.15) is 0 Å². The molecule has 0 radical (unpaired) electrons. The molecular weight excluding hydrogens is 432 g/mol. The number of para-hydroxylation sites is 2. The van der Waals surface area contributed by atoms with Crippen molar-refractivity contribution >= 4 is 23.3 Å². The number of amides is 2. The summed E-state index contributed by atoms with van der Waals surface area (Å²) in [4.78, 5) is 39.6. The highest BCUT2D eigenvalue weighted by molar-refractivity contribution is 6.09. The third-order valence-corrected chi connectivity index (χ3v) is 5.43. The lowest BCUT2D eigenvalue weighted by molar-refractivity contribution is -0.128. The quantitative estimate of drug-likeness (QED) is 0.521. The Morgan fingerprint density at radius 3 is 2.35 bits per heavy atom. The lowest BCUT2D eigenvalue weighted by Crippen LogP contribution is -2.51. The van der Waals surface area contributed by atoms with Crippen LogP contribution >= 0.6 is 0 Å². The second kappa shape index (κ2) is 10.7. The fraction of sp³-hybridized carbons (Fsp3) is 0.222. The van der Waals surface area contributed by atoms with Gasteiger partial charge in [-0.15, -0.1) is 0 Å². The predicted molar refractivity (Wildman–Crippen MR) is 128 cm³/mol. The third-order valence-electron chi connectivity index (χ3n) is 5.43. The normalized spacial score (nSPS) is 14.5. The molecule has 1 atom stereocenters. The molecule has 1 heterocycles. The molecule has 0 saturated carbocycles. The smallest absolute Gasteiger partial charge is 0.265 e. The van der Waals surface area contributed by atoms with E-state index in [1.165, 1.54) is 4.90 Å². The highest BCUT2D eigenvalue weighted by Gasteiger charge is 2.33. The number of anilines is 1. The van der Waals surface area contributed by atoms with E-state index < -0.39 is 6.10 Å². The zero-order chi connectivity index (χ0) is 23.9. The number of benzene rings is 3. The van der Waals surface area contributed by atoms with Gasteiger partial charge >= 0.3 is 0 Å². The van der Waals surface area contributed by atoms with E-state index in [9.17, 15) is 14.4 Å². The summed E-state index contributed by atoms with van der Waals surface area (Å²) < 4.78 is 11.5. The third kappa shape index (κ3) is 5.26. The highest BCUT2D eigenvalue weighted by atomic mass is 16.5. The molecule has 0 bridgehead atoms. The summed E-state index contributed by atoms with van der Waals surface area (Å²) in [6.45, 7) is 2.39. The van der Waals surface area contributed by atoms with E-state index in [-0.39, 0.29) is 30.7 Å². The van der Waals surface area contributed by atoms with Crippen molar-refractivity contribution in [1.29, 1.82) is 0 Å². The first-order chi connectivity index (χ1) is 16.6. The minimum absolute atomic E-state index is 0.0828. The Bertz CT molecular complexity index is 1160. The SMILES string of the molecule is CCCNC(=O)[C@@H]1CN(C(=O)COc2ccc(C(=O)c3ccccc3)cc2)c2ccccc2O1. The van der Waals surface area contributed by atoms with Crippen molar-refractivity contribution in [3.05, 3.63) is 90.0 Å². The second-order valence-corrected chi connectivity index (χ2v) is 7.88. The molecule has 174 valence electrons. The molecule has 2 amide bonds. The molecule has 7 nitrogen and oxygen atoms in total. The van der Waals surface area contributed by atoms with Crippen molar-refractivity contribution in [2.45, 2.75) is 19.4 Å². The van der Waals surface area contributed by atoms with Gasteiger partial charge in [-0.05, 0) is 42.8 Å². The molecule has 0 spiro atoms. The van der Waals surface area contributed by atoms with Crippen LogP contribution in [-0.2, 0) is 9.59 Å². The molecule has 3 aromatic carbocycles. The topological polar surface area (TPSA) is 84.9 Å². The minimum atomic E-state index is -0.798. The monoisotopic (exact) mass is 458 g/mol. The predicted octanol–water partition coefficient (Wildman–Crippen LogP) is 3.62. The molecule has 4 rings (SSSR count). The van der Waals surface area contributed by atoms with E-state index in [2.05, 4.69) is 5.32 Å². The van der Waals surface area contributed by atoms with Gasteiger partial charge in [0.05, 0.1) is 12.2 Å². The fourth-order valence-electron chi connectivity index (χ4n) is 3.65. The molecular formula is C27H26N2O5. The van der Waals surface area contributed by atoms with Gasteiger partial charge in [0.1, 0.15) is 11.5 Å². The van der Waals surface area contributed by atoms with Crippen molar-refractivity contribution in [2.75, 3.05) is 24.6 Å². The molecule has 1 aliphatic rings. The van der Waals surface area contributed by atoms with Gasteiger partial charge in [-0.1, -0.05) is 49.4 Å². The highest BCUT2D eigenvalue weighted by Crippen LogP contribution is 2.33.